The molecule has 4 saturated carbocycles. The SMILES string of the molecule is CCOC[C@@]1(O)CC[C@H]2[C@H](CC[C@@H]3[C@@H]2CC[C@]2(C)[C@@H](C(C)NS(=O)(=O)c4ccc(C#N)cc4)CC[C@@H]32)C1. The standard InChI is InChI=1S/C30H44N2O4S/c1-4-36-19-30(33)16-14-24-22(17-30)7-10-26-25(24)13-15-29(3)27(11-12-28(26)29)20(2)32-37(34,35)23-8-5-21(18-31)6-9-23/h5-6,8-9,20,22,24-28,32-33H,4,7,10-17,19H2,1-3H3/t20?,22-,24+,25-,26-,27-,28+,29-,30-/m1/s1. The first-order valence-electron chi connectivity index (χ1n) is 14.4. The van der Waals surface area contributed by atoms with Gasteiger partial charge in [-0.05, 0) is 137 Å². The van der Waals surface area contributed by atoms with E-state index in [1.54, 1.807) is 12.1 Å². The molecule has 2 N–H and O–H groups in total. The summed E-state index contributed by atoms with van der Waals surface area (Å²) in [6.07, 6.45) is 9.97. The number of aliphatic hydroxyl groups is 1. The highest BCUT2D eigenvalue weighted by Crippen LogP contribution is 2.65. The number of sulfonamides is 1. The van der Waals surface area contributed by atoms with Gasteiger partial charge in [0, 0.05) is 12.6 Å². The van der Waals surface area contributed by atoms with Gasteiger partial charge in [0.25, 0.3) is 0 Å². The first kappa shape index (κ1) is 27.1. The normalized spacial score (nSPS) is 40.2. The molecule has 4 aliphatic carbocycles. The summed E-state index contributed by atoms with van der Waals surface area (Å²) in [5.74, 6) is 3.79. The molecule has 0 bridgehead atoms. The van der Waals surface area contributed by atoms with Crippen LogP contribution in [0.4, 0.5) is 0 Å². The maximum Gasteiger partial charge on any atom is 0.240 e. The molecule has 204 valence electrons. The first-order chi connectivity index (χ1) is 17.6. The van der Waals surface area contributed by atoms with E-state index < -0.39 is 15.6 Å². The van der Waals surface area contributed by atoms with Crippen LogP contribution in [0.1, 0.15) is 84.1 Å². The van der Waals surface area contributed by atoms with E-state index in [0.717, 1.165) is 43.4 Å². The van der Waals surface area contributed by atoms with Gasteiger partial charge in [-0.15, -0.1) is 0 Å². The Bertz CT molecular complexity index is 1120. The first-order valence-corrected chi connectivity index (χ1v) is 15.9. The molecule has 9 atom stereocenters. The summed E-state index contributed by atoms with van der Waals surface area (Å²) in [4.78, 5) is 0.224. The fraction of sp³-hybridized carbons (Fsp3) is 0.767. The minimum atomic E-state index is -3.64. The third-order valence-corrected chi connectivity index (χ3v) is 12.6. The second kappa shape index (κ2) is 10.3. The van der Waals surface area contributed by atoms with Crippen LogP contribution in [0.3, 0.4) is 0 Å². The Kier molecular flexibility index (Phi) is 7.52. The third kappa shape index (κ3) is 5.00. The Labute approximate surface area is 223 Å². The molecule has 4 fully saturated rings. The molecule has 0 aromatic heterocycles. The van der Waals surface area contributed by atoms with Crippen molar-refractivity contribution >= 4 is 10.0 Å². The van der Waals surface area contributed by atoms with Gasteiger partial charge in [-0.1, -0.05) is 6.92 Å². The highest BCUT2D eigenvalue weighted by molar-refractivity contribution is 7.89. The number of benzene rings is 1. The second-order valence-corrected chi connectivity index (χ2v) is 14.5. The molecule has 0 amide bonds. The van der Waals surface area contributed by atoms with Gasteiger partial charge in [-0.3, -0.25) is 0 Å². The van der Waals surface area contributed by atoms with Crippen LogP contribution in [0.15, 0.2) is 29.2 Å². The van der Waals surface area contributed by atoms with Crippen molar-refractivity contribution in [1.82, 2.24) is 4.72 Å². The molecule has 1 aromatic carbocycles. The summed E-state index contributed by atoms with van der Waals surface area (Å²) in [6.45, 7) is 7.60. The van der Waals surface area contributed by atoms with Crippen molar-refractivity contribution in [3.05, 3.63) is 29.8 Å². The number of nitrogens with zero attached hydrogens (tertiary/aromatic N) is 1. The summed E-state index contributed by atoms with van der Waals surface area (Å²) in [7, 11) is -3.64. The summed E-state index contributed by atoms with van der Waals surface area (Å²) < 4.78 is 34.9. The molecular formula is C30H44N2O4S. The quantitative estimate of drug-likeness (QED) is 0.503. The molecule has 0 spiro atoms. The van der Waals surface area contributed by atoms with Crippen LogP contribution in [0.25, 0.3) is 0 Å². The third-order valence-electron chi connectivity index (χ3n) is 11.0. The van der Waals surface area contributed by atoms with Crippen LogP contribution < -0.4 is 4.72 Å². The van der Waals surface area contributed by atoms with Gasteiger partial charge in [-0.25, -0.2) is 13.1 Å². The maximum atomic E-state index is 13.1. The van der Waals surface area contributed by atoms with Crippen LogP contribution in [-0.4, -0.2) is 38.4 Å². The Balaban J connectivity index is 1.26. The lowest BCUT2D eigenvalue weighted by molar-refractivity contribution is -0.128. The van der Waals surface area contributed by atoms with Crippen molar-refractivity contribution in [2.45, 2.75) is 95.1 Å². The number of fused-ring (bicyclic) bond motifs is 5. The Hall–Kier alpha value is -1.46. The van der Waals surface area contributed by atoms with Gasteiger partial charge in [0.15, 0.2) is 0 Å². The Morgan fingerprint density at radius 2 is 1.81 bits per heavy atom. The molecular weight excluding hydrogens is 484 g/mol. The van der Waals surface area contributed by atoms with Gasteiger partial charge in [-0.2, -0.15) is 5.26 Å². The van der Waals surface area contributed by atoms with Crippen molar-refractivity contribution < 1.29 is 18.3 Å². The zero-order chi connectivity index (χ0) is 26.4. The van der Waals surface area contributed by atoms with E-state index in [-0.39, 0.29) is 16.4 Å². The predicted octanol–water partition coefficient (Wildman–Crippen LogP) is 5.26. The molecule has 4 aliphatic rings. The zero-order valence-electron chi connectivity index (χ0n) is 22.7. The van der Waals surface area contributed by atoms with Crippen molar-refractivity contribution in [3.8, 4) is 6.07 Å². The highest BCUT2D eigenvalue weighted by atomic mass is 32.2. The lowest BCUT2D eigenvalue weighted by atomic mass is 9.48. The van der Waals surface area contributed by atoms with Crippen molar-refractivity contribution in [1.29, 1.82) is 5.26 Å². The van der Waals surface area contributed by atoms with Crippen LogP contribution in [0.2, 0.25) is 0 Å². The largest absolute Gasteiger partial charge is 0.387 e. The molecule has 6 nitrogen and oxygen atoms in total. The van der Waals surface area contributed by atoms with E-state index in [9.17, 15) is 13.5 Å². The van der Waals surface area contributed by atoms with Crippen LogP contribution in [-0.2, 0) is 14.8 Å². The van der Waals surface area contributed by atoms with E-state index in [1.165, 1.54) is 44.2 Å². The van der Waals surface area contributed by atoms with Crippen molar-refractivity contribution in [2.24, 2.45) is 40.9 Å². The molecule has 5 rings (SSSR count). The molecule has 7 heteroatoms. The molecule has 37 heavy (non-hydrogen) atoms. The fourth-order valence-corrected chi connectivity index (χ4v) is 10.6. The molecule has 1 aromatic rings. The second-order valence-electron chi connectivity index (χ2n) is 12.8. The van der Waals surface area contributed by atoms with Crippen molar-refractivity contribution in [3.63, 3.8) is 0 Å². The number of nitriles is 1. The maximum absolute atomic E-state index is 13.1. The smallest absolute Gasteiger partial charge is 0.240 e. The topological polar surface area (TPSA) is 99.4 Å². The molecule has 0 saturated heterocycles. The van der Waals surface area contributed by atoms with Crippen LogP contribution in [0, 0.1) is 52.3 Å². The molecule has 0 radical (unpaired) electrons. The van der Waals surface area contributed by atoms with Crippen LogP contribution >= 0.6 is 0 Å². The number of rotatable bonds is 7. The summed E-state index contributed by atoms with van der Waals surface area (Å²) in [5.41, 5.74) is -0.0282. The number of hydrogen-bond acceptors (Lipinski definition) is 5. The summed E-state index contributed by atoms with van der Waals surface area (Å²) in [5, 5.41) is 20.2. The van der Waals surface area contributed by atoms with Gasteiger partial charge in [0.2, 0.25) is 10.0 Å². The monoisotopic (exact) mass is 528 g/mol. The lowest BCUT2D eigenvalue weighted by Crippen LogP contribution is -2.53. The summed E-state index contributed by atoms with van der Waals surface area (Å²) >= 11 is 0. The van der Waals surface area contributed by atoms with Gasteiger partial charge < -0.3 is 9.84 Å². The number of ether oxygens (including phenoxy) is 1. The average molecular weight is 529 g/mol. The van der Waals surface area contributed by atoms with Gasteiger partial charge in [0.1, 0.15) is 0 Å². The fourth-order valence-electron chi connectivity index (χ4n) is 9.35. The van der Waals surface area contributed by atoms with E-state index >= 15 is 0 Å². The van der Waals surface area contributed by atoms with Crippen LogP contribution in [0.5, 0.6) is 0 Å². The number of nitrogens with one attached hydrogen (secondary N) is 1. The van der Waals surface area contributed by atoms with E-state index in [4.69, 9.17) is 10.00 Å². The van der Waals surface area contributed by atoms with E-state index in [2.05, 4.69) is 11.6 Å². The van der Waals surface area contributed by atoms with Gasteiger partial charge >= 0.3 is 0 Å². The van der Waals surface area contributed by atoms with E-state index in [0.29, 0.717) is 36.5 Å². The minimum absolute atomic E-state index is 0.133. The zero-order valence-corrected chi connectivity index (χ0v) is 23.5. The summed E-state index contributed by atoms with van der Waals surface area (Å²) in [6, 6.07) is 8.09. The van der Waals surface area contributed by atoms with Gasteiger partial charge in [0.05, 0.1) is 28.7 Å². The molecule has 1 unspecified atom stereocenters. The highest BCUT2D eigenvalue weighted by Gasteiger charge is 2.58. The van der Waals surface area contributed by atoms with Crippen molar-refractivity contribution in [2.75, 3.05) is 13.2 Å². The Morgan fingerprint density at radius 1 is 1.08 bits per heavy atom. The predicted molar refractivity (Wildman–Crippen MR) is 143 cm³/mol. The lowest BCUT2D eigenvalue weighted by Gasteiger charge is -2.57. The molecule has 0 heterocycles. The average Bonchev–Trinajstić information content (AvgIpc) is 3.24. The van der Waals surface area contributed by atoms with E-state index in [1.807, 2.05) is 19.9 Å². The number of hydrogen-bond donors (Lipinski definition) is 2. The molecule has 0 aliphatic heterocycles. The Morgan fingerprint density at radius 3 is 2.51 bits per heavy atom. The minimum Gasteiger partial charge on any atom is -0.387 e.